The van der Waals surface area contributed by atoms with Gasteiger partial charge in [0.25, 0.3) is 0 Å². The summed E-state index contributed by atoms with van der Waals surface area (Å²) in [6.07, 6.45) is 6.69. The van der Waals surface area contributed by atoms with Crippen molar-refractivity contribution in [1.82, 2.24) is 5.32 Å². The van der Waals surface area contributed by atoms with Crippen molar-refractivity contribution in [3.8, 4) is 0 Å². The summed E-state index contributed by atoms with van der Waals surface area (Å²) in [5, 5.41) is 12.9. The number of nitrogens with one attached hydrogen (secondary N) is 1. The molecule has 0 unspecified atom stereocenters. The highest BCUT2D eigenvalue weighted by Gasteiger charge is 2.38. The predicted molar refractivity (Wildman–Crippen MR) is 64.4 cm³/mol. The van der Waals surface area contributed by atoms with Crippen LogP contribution < -0.4 is 5.32 Å². The van der Waals surface area contributed by atoms with Crippen LogP contribution in [0.15, 0.2) is 0 Å². The van der Waals surface area contributed by atoms with E-state index in [4.69, 9.17) is 4.74 Å². The molecule has 1 aliphatic carbocycles. The normalized spacial score (nSPS) is 33.4. The minimum Gasteiger partial charge on any atom is -0.396 e. The molecule has 94 valence electrons. The molecule has 1 saturated heterocycles. The van der Waals surface area contributed by atoms with Crippen molar-refractivity contribution in [3.63, 3.8) is 0 Å². The Morgan fingerprint density at radius 3 is 2.38 bits per heavy atom. The monoisotopic (exact) mass is 227 g/mol. The van der Waals surface area contributed by atoms with E-state index >= 15 is 0 Å². The molecular formula is C13H25NO2. The SMILES string of the molecule is CCC1CCC(NCC2(CO)COC2)CC1. The van der Waals surface area contributed by atoms with Gasteiger partial charge in [-0.05, 0) is 31.6 Å². The minimum atomic E-state index is 0.0294. The number of ether oxygens (including phenoxy) is 1. The van der Waals surface area contributed by atoms with Gasteiger partial charge in [0.05, 0.1) is 25.2 Å². The van der Waals surface area contributed by atoms with E-state index in [0.29, 0.717) is 6.04 Å². The maximum Gasteiger partial charge on any atom is 0.0579 e. The molecule has 1 saturated carbocycles. The summed E-state index contributed by atoms with van der Waals surface area (Å²) in [5.74, 6) is 0.955. The zero-order chi connectivity index (χ0) is 11.4. The molecule has 0 aromatic rings. The maximum absolute atomic E-state index is 9.33. The number of rotatable bonds is 5. The number of hydrogen-bond acceptors (Lipinski definition) is 3. The molecule has 1 heterocycles. The maximum atomic E-state index is 9.33. The zero-order valence-electron chi connectivity index (χ0n) is 10.4. The third-order valence-electron chi connectivity index (χ3n) is 4.34. The molecule has 2 N–H and O–H groups in total. The van der Waals surface area contributed by atoms with E-state index in [1.54, 1.807) is 0 Å². The first-order chi connectivity index (χ1) is 7.78. The Balaban J connectivity index is 1.67. The van der Waals surface area contributed by atoms with Crippen molar-refractivity contribution < 1.29 is 9.84 Å². The molecule has 2 rings (SSSR count). The second-order valence-corrected chi connectivity index (χ2v) is 5.66. The van der Waals surface area contributed by atoms with E-state index in [1.807, 2.05) is 0 Å². The average Bonchev–Trinajstić information content (AvgIpc) is 2.29. The lowest BCUT2D eigenvalue weighted by Gasteiger charge is -2.41. The molecule has 3 heteroatoms. The van der Waals surface area contributed by atoms with Gasteiger partial charge in [-0.3, -0.25) is 0 Å². The van der Waals surface area contributed by atoms with Gasteiger partial charge >= 0.3 is 0 Å². The van der Waals surface area contributed by atoms with E-state index in [1.165, 1.54) is 32.1 Å². The topological polar surface area (TPSA) is 41.5 Å². The molecule has 16 heavy (non-hydrogen) atoms. The molecule has 0 spiro atoms. The smallest absolute Gasteiger partial charge is 0.0579 e. The highest BCUT2D eigenvalue weighted by molar-refractivity contribution is 4.89. The van der Waals surface area contributed by atoms with Crippen molar-refractivity contribution in [1.29, 1.82) is 0 Å². The van der Waals surface area contributed by atoms with Gasteiger partial charge < -0.3 is 15.2 Å². The van der Waals surface area contributed by atoms with Crippen LogP contribution >= 0.6 is 0 Å². The molecule has 1 aliphatic heterocycles. The van der Waals surface area contributed by atoms with Crippen LogP contribution in [0.2, 0.25) is 0 Å². The molecule has 0 aromatic carbocycles. The summed E-state index contributed by atoms with van der Waals surface area (Å²) in [5.41, 5.74) is 0.0294. The van der Waals surface area contributed by atoms with Crippen molar-refractivity contribution in [2.45, 2.75) is 45.1 Å². The zero-order valence-corrected chi connectivity index (χ0v) is 10.4. The number of hydrogen-bond donors (Lipinski definition) is 2. The molecule has 2 fully saturated rings. The molecular weight excluding hydrogens is 202 g/mol. The summed E-state index contributed by atoms with van der Waals surface area (Å²) in [7, 11) is 0. The van der Waals surface area contributed by atoms with Gasteiger partial charge in [-0.25, -0.2) is 0 Å². The first kappa shape index (κ1) is 12.3. The van der Waals surface area contributed by atoms with Gasteiger partial charge in [0.15, 0.2) is 0 Å². The van der Waals surface area contributed by atoms with Crippen LogP contribution in [0, 0.1) is 11.3 Å². The standard InChI is InChI=1S/C13H25NO2/c1-2-11-3-5-12(6-4-11)14-7-13(8-15)9-16-10-13/h11-12,14-15H,2-10H2,1H3. The fraction of sp³-hybridized carbons (Fsp3) is 1.00. The number of aliphatic hydroxyl groups excluding tert-OH is 1. The minimum absolute atomic E-state index is 0.0294. The van der Waals surface area contributed by atoms with E-state index < -0.39 is 0 Å². The molecule has 0 bridgehead atoms. The number of aliphatic hydroxyl groups is 1. The van der Waals surface area contributed by atoms with Crippen LogP contribution in [0.1, 0.15) is 39.0 Å². The second-order valence-electron chi connectivity index (χ2n) is 5.66. The second kappa shape index (κ2) is 5.48. The van der Waals surface area contributed by atoms with Crippen LogP contribution in [0.3, 0.4) is 0 Å². The van der Waals surface area contributed by atoms with Crippen molar-refractivity contribution in [2.24, 2.45) is 11.3 Å². The van der Waals surface area contributed by atoms with E-state index in [-0.39, 0.29) is 12.0 Å². The van der Waals surface area contributed by atoms with Crippen molar-refractivity contribution >= 4 is 0 Å². The first-order valence-corrected chi connectivity index (χ1v) is 6.70. The molecule has 0 amide bonds. The Kier molecular flexibility index (Phi) is 4.22. The Morgan fingerprint density at radius 1 is 1.25 bits per heavy atom. The summed E-state index contributed by atoms with van der Waals surface area (Å²) in [6.45, 7) is 4.92. The summed E-state index contributed by atoms with van der Waals surface area (Å²) in [6, 6.07) is 0.673. The lowest BCUT2D eigenvalue weighted by Crippen LogP contribution is -2.54. The van der Waals surface area contributed by atoms with E-state index in [2.05, 4.69) is 12.2 Å². The highest BCUT2D eigenvalue weighted by atomic mass is 16.5. The van der Waals surface area contributed by atoms with Gasteiger partial charge in [0, 0.05) is 12.6 Å². The van der Waals surface area contributed by atoms with Gasteiger partial charge in [0.1, 0.15) is 0 Å². The Hall–Kier alpha value is -0.120. The van der Waals surface area contributed by atoms with Gasteiger partial charge in [-0.15, -0.1) is 0 Å². The van der Waals surface area contributed by atoms with Crippen LogP contribution in [0.5, 0.6) is 0 Å². The molecule has 2 aliphatic rings. The van der Waals surface area contributed by atoms with Gasteiger partial charge in [-0.2, -0.15) is 0 Å². The van der Waals surface area contributed by atoms with Crippen molar-refractivity contribution in [3.05, 3.63) is 0 Å². The van der Waals surface area contributed by atoms with E-state index in [9.17, 15) is 5.11 Å². The quantitative estimate of drug-likeness (QED) is 0.749. The largest absolute Gasteiger partial charge is 0.396 e. The van der Waals surface area contributed by atoms with E-state index in [0.717, 1.165) is 25.7 Å². The lowest BCUT2D eigenvalue weighted by atomic mass is 9.83. The Labute approximate surface area is 98.6 Å². The van der Waals surface area contributed by atoms with Crippen LogP contribution in [0.4, 0.5) is 0 Å². The molecule has 0 aromatic heterocycles. The predicted octanol–water partition coefficient (Wildman–Crippen LogP) is 1.55. The lowest BCUT2D eigenvalue weighted by molar-refractivity contribution is -0.135. The molecule has 0 radical (unpaired) electrons. The third-order valence-corrected chi connectivity index (χ3v) is 4.34. The fourth-order valence-electron chi connectivity index (χ4n) is 2.78. The van der Waals surface area contributed by atoms with Crippen LogP contribution in [-0.2, 0) is 4.74 Å². The Morgan fingerprint density at radius 2 is 1.94 bits per heavy atom. The summed E-state index contributed by atoms with van der Waals surface area (Å²) < 4.78 is 5.20. The third kappa shape index (κ3) is 2.76. The molecule has 0 atom stereocenters. The molecule has 3 nitrogen and oxygen atoms in total. The van der Waals surface area contributed by atoms with Gasteiger partial charge in [-0.1, -0.05) is 13.3 Å². The Bertz CT molecular complexity index is 202. The summed E-state index contributed by atoms with van der Waals surface area (Å²) in [4.78, 5) is 0. The summed E-state index contributed by atoms with van der Waals surface area (Å²) >= 11 is 0. The first-order valence-electron chi connectivity index (χ1n) is 6.70. The van der Waals surface area contributed by atoms with Gasteiger partial charge in [0.2, 0.25) is 0 Å². The fourth-order valence-corrected chi connectivity index (χ4v) is 2.78. The van der Waals surface area contributed by atoms with Crippen molar-refractivity contribution in [2.75, 3.05) is 26.4 Å². The van der Waals surface area contributed by atoms with Crippen LogP contribution in [-0.4, -0.2) is 37.5 Å². The highest BCUT2D eigenvalue weighted by Crippen LogP contribution is 2.29. The average molecular weight is 227 g/mol. The van der Waals surface area contributed by atoms with Crippen LogP contribution in [0.25, 0.3) is 0 Å².